The molecule has 3 N–H and O–H groups in total. The van der Waals surface area contributed by atoms with E-state index >= 15 is 0 Å². The van der Waals surface area contributed by atoms with Gasteiger partial charge in [-0.2, -0.15) is 0 Å². The van der Waals surface area contributed by atoms with Gasteiger partial charge in [-0.3, -0.25) is 25.0 Å². The molecule has 1 unspecified atom stereocenters. The Hall–Kier alpha value is -3.41. The van der Waals surface area contributed by atoms with E-state index in [0.717, 1.165) is 23.2 Å². The van der Waals surface area contributed by atoms with Crippen molar-refractivity contribution in [3.8, 4) is 0 Å². The van der Waals surface area contributed by atoms with Crippen LogP contribution in [0.15, 0.2) is 48.5 Å². The van der Waals surface area contributed by atoms with Crippen LogP contribution in [0, 0.1) is 20.2 Å². The largest absolute Gasteiger partial charge is 0.357 e. The molecule has 1 saturated heterocycles. The number of rotatable bonds is 4. The van der Waals surface area contributed by atoms with Gasteiger partial charge in [-0.15, -0.1) is 0 Å². The fraction of sp³-hybridized carbons (Fsp3) is 0.133. The number of carbonyl (C=O) groups is 1. The van der Waals surface area contributed by atoms with E-state index in [9.17, 15) is 35.2 Å². The van der Waals surface area contributed by atoms with Crippen LogP contribution < -0.4 is 10.4 Å². The summed E-state index contributed by atoms with van der Waals surface area (Å²) < 4.78 is 0. The molecule has 1 aliphatic heterocycles. The minimum Gasteiger partial charge on any atom is -0.357 e. The van der Waals surface area contributed by atoms with E-state index < -0.39 is 27.6 Å². The molecular formula is C15H12N4O7. The summed E-state index contributed by atoms with van der Waals surface area (Å²) in [6, 6.07) is 8.55. The van der Waals surface area contributed by atoms with Gasteiger partial charge in [0.05, 0.1) is 15.5 Å². The normalized spacial score (nSPS) is 18.8. The predicted molar refractivity (Wildman–Crippen MR) is 86.7 cm³/mol. The molecule has 1 atom stereocenters. The maximum atomic E-state index is 12.3. The summed E-state index contributed by atoms with van der Waals surface area (Å²) in [6.07, 6.45) is 0. The second-order valence-electron chi connectivity index (χ2n) is 5.55. The van der Waals surface area contributed by atoms with Gasteiger partial charge in [0.2, 0.25) is 0 Å². The maximum absolute atomic E-state index is 12.3. The molecule has 0 spiro atoms. The summed E-state index contributed by atoms with van der Waals surface area (Å²) in [5.41, 5.74) is 2.35. The molecule has 0 bridgehead atoms. The lowest BCUT2D eigenvalue weighted by atomic mass is 9.99. The fourth-order valence-corrected chi connectivity index (χ4v) is 2.61. The summed E-state index contributed by atoms with van der Waals surface area (Å²) in [5, 5.41) is 42.8. The Kier molecular flexibility index (Phi) is 4.12. The average Bonchev–Trinajstić information content (AvgIpc) is 2.85. The van der Waals surface area contributed by atoms with Crippen LogP contribution in [0.1, 0.15) is 11.6 Å². The first-order chi connectivity index (χ1) is 12.2. The van der Waals surface area contributed by atoms with Crippen LogP contribution in [0.2, 0.25) is 0 Å². The van der Waals surface area contributed by atoms with E-state index in [2.05, 4.69) is 5.43 Å². The minimum absolute atomic E-state index is 0.113. The number of nitro groups is 2. The van der Waals surface area contributed by atoms with Gasteiger partial charge in [0.15, 0.2) is 0 Å². The molecule has 0 radical (unpaired) electrons. The van der Waals surface area contributed by atoms with Gasteiger partial charge >= 0.3 is 5.91 Å². The number of nitrogens with one attached hydrogen (secondary N) is 1. The van der Waals surface area contributed by atoms with Crippen LogP contribution in [0.25, 0.3) is 0 Å². The van der Waals surface area contributed by atoms with Crippen molar-refractivity contribution in [3.05, 3.63) is 74.3 Å². The van der Waals surface area contributed by atoms with Crippen LogP contribution in [-0.4, -0.2) is 31.8 Å². The lowest BCUT2D eigenvalue weighted by molar-refractivity contribution is -0.385. The number of nitro benzene ring substituents is 2. The molecule has 1 amide bonds. The Morgan fingerprint density at radius 3 is 2.19 bits per heavy atom. The highest BCUT2D eigenvalue weighted by Crippen LogP contribution is 2.35. The van der Waals surface area contributed by atoms with E-state index in [0.29, 0.717) is 0 Å². The first-order valence-electron chi connectivity index (χ1n) is 7.26. The third-order valence-corrected chi connectivity index (χ3v) is 3.91. The van der Waals surface area contributed by atoms with Crippen molar-refractivity contribution < 1.29 is 24.9 Å². The van der Waals surface area contributed by atoms with Gasteiger partial charge in [0, 0.05) is 24.3 Å². The Morgan fingerprint density at radius 1 is 1.00 bits per heavy atom. The van der Waals surface area contributed by atoms with Crippen LogP contribution in [0.4, 0.5) is 17.1 Å². The molecule has 26 heavy (non-hydrogen) atoms. The van der Waals surface area contributed by atoms with E-state index in [1.165, 1.54) is 30.3 Å². The number of amides is 1. The summed E-state index contributed by atoms with van der Waals surface area (Å²) in [6.45, 7) is 0. The van der Waals surface area contributed by atoms with E-state index in [-0.39, 0.29) is 22.6 Å². The number of hydrazine groups is 1. The first-order valence-corrected chi connectivity index (χ1v) is 7.26. The van der Waals surface area contributed by atoms with Gasteiger partial charge in [0.25, 0.3) is 17.2 Å². The summed E-state index contributed by atoms with van der Waals surface area (Å²) >= 11 is 0. The van der Waals surface area contributed by atoms with Crippen LogP contribution in [0.5, 0.6) is 0 Å². The first kappa shape index (κ1) is 17.4. The smallest absolute Gasteiger partial charge is 0.303 e. The minimum atomic E-state index is -2.86. The van der Waals surface area contributed by atoms with Crippen molar-refractivity contribution in [2.45, 2.75) is 11.8 Å². The zero-order valence-electron chi connectivity index (χ0n) is 13.0. The molecular weight excluding hydrogens is 348 g/mol. The van der Waals surface area contributed by atoms with E-state index in [1.54, 1.807) is 0 Å². The number of anilines is 1. The summed E-state index contributed by atoms with van der Waals surface area (Å²) in [4.78, 5) is 32.7. The van der Waals surface area contributed by atoms with Crippen molar-refractivity contribution in [3.63, 3.8) is 0 Å². The Bertz CT molecular complexity index is 897. The lowest BCUT2D eigenvalue weighted by Crippen LogP contribution is -2.42. The van der Waals surface area contributed by atoms with Crippen molar-refractivity contribution in [1.82, 2.24) is 5.43 Å². The molecule has 3 rings (SSSR count). The van der Waals surface area contributed by atoms with Gasteiger partial charge in [-0.05, 0) is 17.7 Å². The number of benzene rings is 2. The topological polar surface area (TPSA) is 159 Å². The SMILES string of the molecule is O=C1N(c2ccc([N+](=O)[O-])cc2)NC(c2cccc([N+](=O)[O-])c2)C1(O)O. The van der Waals surface area contributed by atoms with Gasteiger partial charge < -0.3 is 10.2 Å². The van der Waals surface area contributed by atoms with Gasteiger partial charge in [0.1, 0.15) is 6.04 Å². The quantitative estimate of drug-likeness (QED) is 0.409. The molecule has 11 nitrogen and oxygen atoms in total. The molecule has 2 aromatic carbocycles. The molecule has 2 aromatic rings. The molecule has 134 valence electrons. The standard InChI is InChI=1S/C15H12N4O7/c20-14-15(21,22)13(9-2-1-3-12(8-9)19(25)26)16-17(14)10-4-6-11(7-5-10)18(23)24/h1-8,13,16,21-22H. The lowest BCUT2D eigenvalue weighted by Gasteiger charge is -2.19. The third-order valence-electron chi connectivity index (χ3n) is 3.91. The van der Waals surface area contributed by atoms with Gasteiger partial charge in [-0.1, -0.05) is 12.1 Å². The van der Waals surface area contributed by atoms with Crippen LogP contribution in [-0.2, 0) is 4.79 Å². The van der Waals surface area contributed by atoms with Crippen molar-refractivity contribution in [2.24, 2.45) is 0 Å². The van der Waals surface area contributed by atoms with E-state index in [1.807, 2.05) is 0 Å². The summed E-state index contributed by atoms with van der Waals surface area (Å²) in [7, 11) is 0. The average molecular weight is 360 g/mol. The number of nitrogens with zero attached hydrogens (tertiary/aromatic N) is 3. The van der Waals surface area contributed by atoms with Crippen molar-refractivity contribution >= 4 is 23.0 Å². The molecule has 0 aromatic heterocycles. The molecule has 1 heterocycles. The second-order valence-corrected chi connectivity index (χ2v) is 5.55. The number of hydrogen-bond acceptors (Lipinski definition) is 8. The Morgan fingerprint density at radius 2 is 1.62 bits per heavy atom. The third kappa shape index (κ3) is 2.86. The van der Waals surface area contributed by atoms with E-state index in [4.69, 9.17) is 0 Å². The number of hydrogen-bond donors (Lipinski definition) is 3. The van der Waals surface area contributed by atoms with Gasteiger partial charge in [-0.25, -0.2) is 10.4 Å². The second kappa shape index (κ2) is 6.15. The highest BCUT2D eigenvalue weighted by Gasteiger charge is 2.53. The van der Waals surface area contributed by atoms with Crippen molar-refractivity contribution in [1.29, 1.82) is 0 Å². The van der Waals surface area contributed by atoms with Crippen LogP contribution in [0.3, 0.4) is 0 Å². The summed E-state index contributed by atoms with van der Waals surface area (Å²) in [5.74, 6) is -3.99. The Balaban J connectivity index is 1.95. The zero-order chi connectivity index (χ0) is 19.1. The zero-order valence-corrected chi connectivity index (χ0v) is 13.0. The molecule has 11 heteroatoms. The maximum Gasteiger partial charge on any atom is 0.303 e. The molecule has 0 aliphatic carbocycles. The molecule has 0 saturated carbocycles. The number of non-ortho nitro benzene ring substituents is 2. The molecule has 1 fully saturated rings. The highest BCUT2D eigenvalue weighted by molar-refractivity contribution is 6.00. The fourth-order valence-electron chi connectivity index (χ4n) is 2.61. The monoisotopic (exact) mass is 360 g/mol. The highest BCUT2D eigenvalue weighted by atomic mass is 16.6. The number of carbonyl (C=O) groups excluding carboxylic acids is 1. The molecule has 1 aliphatic rings. The van der Waals surface area contributed by atoms with Crippen molar-refractivity contribution in [2.75, 3.05) is 5.01 Å². The Labute approximate surface area is 145 Å². The predicted octanol–water partition coefficient (Wildman–Crippen LogP) is 0.776. The van der Waals surface area contributed by atoms with Crippen LogP contribution >= 0.6 is 0 Å². The number of aliphatic hydroxyl groups is 2.